The maximum atomic E-state index is 10.8. The number of nitrogens with zero attached hydrogens (tertiary/aromatic N) is 3. The van der Waals surface area contributed by atoms with Crippen molar-refractivity contribution >= 4 is 0 Å². The normalized spacial score (nSPS) is 32.2. The van der Waals surface area contributed by atoms with Gasteiger partial charge in [0, 0.05) is 10.5 Å². The van der Waals surface area contributed by atoms with E-state index in [2.05, 4.69) is 10.0 Å². The molecule has 2 aliphatic rings. The minimum Gasteiger partial charge on any atom is -0.390 e. The minimum atomic E-state index is -1.08. The molecule has 0 radical (unpaired) electrons. The number of aliphatic hydroxyl groups excluding tert-OH is 1. The summed E-state index contributed by atoms with van der Waals surface area (Å²) in [6.07, 6.45) is -3.81. The van der Waals surface area contributed by atoms with Gasteiger partial charge in [0.2, 0.25) is 0 Å². The lowest BCUT2D eigenvalue weighted by Gasteiger charge is -2.46. The van der Waals surface area contributed by atoms with Crippen LogP contribution in [0.1, 0.15) is 17.4 Å². The minimum absolute atomic E-state index is 0.232. The van der Waals surface area contributed by atoms with E-state index in [0.29, 0.717) is 0 Å². The van der Waals surface area contributed by atoms with Crippen LogP contribution in [0.3, 0.4) is 0 Å². The van der Waals surface area contributed by atoms with E-state index in [1.165, 1.54) is 0 Å². The Labute approximate surface area is 162 Å². The van der Waals surface area contributed by atoms with E-state index in [-0.39, 0.29) is 13.2 Å². The summed E-state index contributed by atoms with van der Waals surface area (Å²) < 4.78 is 23.5. The van der Waals surface area contributed by atoms with Crippen molar-refractivity contribution in [3.8, 4) is 0 Å². The zero-order chi connectivity index (χ0) is 19.3. The first kappa shape index (κ1) is 18.9. The van der Waals surface area contributed by atoms with Crippen LogP contribution in [-0.2, 0) is 25.6 Å². The standard InChI is InChI=1S/C20H21N3O5/c21-23-22-16-17(24)18-15(12-26-19(28-18)14-9-5-2-6-10-14)27-20(16)25-11-13-7-3-1-4-8-13/h1-10,15-20,24H,11-12H2/t15?,16?,17?,18-,19?,20?/m1/s1. The fourth-order valence-electron chi connectivity index (χ4n) is 3.43. The first-order valence-electron chi connectivity index (χ1n) is 9.11. The number of aliphatic hydroxyl groups is 1. The highest BCUT2D eigenvalue weighted by atomic mass is 16.7. The predicted octanol–water partition coefficient (Wildman–Crippen LogP) is 3.08. The second kappa shape index (κ2) is 8.70. The predicted molar refractivity (Wildman–Crippen MR) is 98.8 cm³/mol. The van der Waals surface area contributed by atoms with Crippen molar-refractivity contribution in [2.75, 3.05) is 6.61 Å². The van der Waals surface area contributed by atoms with E-state index >= 15 is 0 Å². The third-order valence-corrected chi connectivity index (χ3v) is 4.85. The van der Waals surface area contributed by atoms with E-state index in [0.717, 1.165) is 11.1 Å². The van der Waals surface area contributed by atoms with Gasteiger partial charge in [-0.25, -0.2) is 0 Å². The average Bonchev–Trinajstić information content (AvgIpc) is 2.76. The van der Waals surface area contributed by atoms with Crippen LogP contribution >= 0.6 is 0 Å². The molecule has 0 spiro atoms. The summed E-state index contributed by atoms with van der Waals surface area (Å²) in [6.45, 7) is 0.497. The zero-order valence-corrected chi connectivity index (χ0v) is 15.1. The molecule has 0 aliphatic carbocycles. The van der Waals surface area contributed by atoms with Crippen LogP contribution in [-0.4, -0.2) is 42.4 Å². The van der Waals surface area contributed by atoms with E-state index in [1.54, 1.807) is 0 Å². The van der Waals surface area contributed by atoms with Crippen LogP contribution in [0.5, 0.6) is 0 Å². The van der Waals surface area contributed by atoms with Crippen molar-refractivity contribution in [3.05, 3.63) is 82.2 Å². The lowest BCUT2D eigenvalue weighted by molar-refractivity contribution is -0.343. The molecule has 8 heteroatoms. The Morgan fingerprint density at radius 3 is 2.50 bits per heavy atom. The van der Waals surface area contributed by atoms with Gasteiger partial charge in [-0.3, -0.25) is 0 Å². The Bertz CT molecular complexity index is 815. The number of ether oxygens (including phenoxy) is 4. The Hall–Kier alpha value is -2.45. The van der Waals surface area contributed by atoms with Gasteiger partial charge in [0.1, 0.15) is 18.2 Å². The number of benzene rings is 2. The number of fused-ring (bicyclic) bond motifs is 1. The SMILES string of the molecule is [N-]=[N+]=NC1C(OCc2ccccc2)OC2COC(c3ccccc3)O[C@H]2C1O. The number of hydrogen-bond acceptors (Lipinski definition) is 6. The molecule has 2 fully saturated rings. The molecule has 1 N–H and O–H groups in total. The lowest BCUT2D eigenvalue weighted by Crippen LogP contribution is -2.61. The van der Waals surface area contributed by atoms with Crippen molar-refractivity contribution in [2.45, 2.75) is 43.5 Å². The van der Waals surface area contributed by atoms with E-state index in [4.69, 9.17) is 24.5 Å². The van der Waals surface area contributed by atoms with Gasteiger partial charge in [0.05, 0.1) is 19.3 Å². The molecule has 146 valence electrons. The molecule has 0 amide bonds. The molecule has 5 unspecified atom stereocenters. The van der Waals surface area contributed by atoms with Gasteiger partial charge in [-0.05, 0) is 11.1 Å². The summed E-state index contributed by atoms with van der Waals surface area (Å²) >= 11 is 0. The number of hydrogen-bond donors (Lipinski definition) is 1. The molecule has 0 saturated carbocycles. The van der Waals surface area contributed by atoms with Crippen molar-refractivity contribution < 1.29 is 24.1 Å². The largest absolute Gasteiger partial charge is 0.390 e. The molecule has 2 aromatic carbocycles. The number of azide groups is 1. The molecule has 0 bridgehead atoms. The molecule has 2 saturated heterocycles. The second-order valence-electron chi connectivity index (χ2n) is 6.70. The van der Waals surface area contributed by atoms with E-state index < -0.39 is 36.9 Å². The second-order valence-corrected chi connectivity index (χ2v) is 6.70. The quantitative estimate of drug-likeness (QED) is 0.485. The smallest absolute Gasteiger partial charge is 0.184 e. The van der Waals surface area contributed by atoms with Crippen LogP contribution in [0.4, 0.5) is 0 Å². The van der Waals surface area contributed by atoms with Crippen molar-refractivity contribution in [3.63, 3.8) is 0 Å². The van der Waals surface area contributed by atoms with Gasteiger partial charge in [0.25, 0.3) is 0 Å². The highest BCUT2D eigenvalue weighted by molar-refractivity contribution is 5.17. The molecule has 6 atom stereocenters. The first-order chi connectivity index (χ1) is 13.8. The zero-order valence-electron chi connectivity index (χ0n) is 15.1. The Balaban J connectivity index is 1.47. The summed E-state index contributed by atoms with van der Waals surface area (Å²) in [7, 11) is 0. The van der Waals surface area contributed by atoms with Crippen LogP contribution in [0, 0.1) is 0 Å². The third-order valence-electron chi connectivity index (χ3n) is 4.85. The summed E-state index contributed by atoms with van der Waals surface area (Å²) in [6, 6.07) is 18.1. The molecule has 28 heavy (non-hydrogen) atoms. The summed E-state index contributed by atoms with van der Waals surface area (Å²) in [5.74, 6) is 0. The molecule has 0 aromatic heterocycles. The fourth-order valence-corrected chi connectivity index (χ4v) is 3.43. The summed E-state index contributed by atoms with van der Waals surface area (Å²) in [4.78, 5) is 2.85. The van der Waals surface area contributed by atoms with Crippen LogP contribution < -0.4 is 0 Å². The van der Waals surface area contributed by atoms with E-state index in [1.807, 2.05) is 60.7 Å². The molecule has 2 aliphatic heterocycles. The van der Waals surface area contributed by atoms with Crippen LogP contribution in [0.25, 0.3) is 10.4 Å². The van der Waals surface area contributed by atoms with Crippen molar-refractivity contribution in [1.29, 1.82) is 0 Å². The Morgan fingerprint density at radius 1 is 1.07 bits per heavy atom. The molecule has 2 heterocycles. The maximum absolute atomic E-state index is 10.8. The lowest BCUT2D eigenvalue weighted by atomic mass is 9.96. The van der Waals surface area contributed by atoms with Crippen LogP contribution in [0.15, 0.2) is 65.8 Å². The van der Waals surface area contributed by atoms with Gasteiger partial charge < -0.3 is 24.1 Å². The monoisotopic (exact) mass is 383 g/mol. The third kappa shape index (κ3) is 4.02. The van der Waals surface area contributed by atoms with Gasteiger partial charge in [-0.1, -0.05) is 65.8 Å². The fraction of sp³-hybridized carbons (Fsp3) is 0.400. The van der Waals surface area contributed by atoms with Crippen molar-refractivity contribution in [2.24, 2.45) is 5.11 Å². The topological polar surface area (TPSA) is 106 Å². The van der Waals surface area contributed by atoms with Gasteiger partial charge in [-0.2, -0.15) is 0 Å². The Morgan fingerprint density at radius 2 is 1.79 bits per heavy atom. The highest BCUT2D eigenvalue weighted by Gasteiger charge is 2.49. The van der Waals surface area contributed by atoms with Crippen LogP contribution in [0.2, 0.25) is 0 Å². The summed E-state index contributed by atoms with van der Waals surface area (Å²) in [5.41, 5.74) is 10.7. The van der Waals surface area contributed by atoms with Gasteiger partial charge in [-0.15, -0.1) is 0 Å². The van der Waals surface area contributed by atoms with Gasteiger partial charge >= 0.3 is 0 Å². The maximum Gasteiger partial charge on any atom is 0.184 e. The number of rotatable bonds is 5. The molecular weight excluding hydrogens is 362 g/mol. The molecule has 4 rings (SSSR count). The Kier molecular flexibility index (Phi) is 5.87. The molecule has 8 nitrogen and oxygen atoms in total. The van der Waals surface area contributed by atoms with E-state index in [9.17, 15) is 5.11 Å². The van der Waals surface area contributed by atoms with Crippen molar-refractivity contribution in [1.82, 2.24) is 0 Å². The van der Waals surface area contributed by atoms with Gasteiger partial charge in [0.15, 0.2) is 12.6 Å². The average molecular weight is 383 g/mol. The molecule has 2 aromatic rings. The summed E-state index contributed by atoms with van der Waals surface area (Å²) in [5, 5.41) is 14.5. The first-order valence-corrected chi connectivity index (χ1v) is 9.11. The molecular formula is C20H21N3O5. The highest BCUT2D eigenvalue weighted by Crippen LogP contribution is 2.35.